The summed E-state index contributed by atoms with van der Waals surface area (Å²) in [5.41, 5.74) is 0.443. The van der Waals surface area contributed by atoms with Crippen LogP contribution in [0.5, 0.6) is 0 Å². The minimum Gasteiger partial charge on any atom is -0.396 e. The Balaban J connectivity index is 2.31. The van der Waals surface area contributed by atoms with Crippen LogP contribution < -0.4 is 0 Å². The minimum atomic E-state index is -3.59. The number of aliphatic hydroxyl groups excluding tert-OH is 2. The first-order valence-electron chi connectivity index (χ1n) is 6.89. The van der Waals surface area contributed by atoms with Crippen LogP contribution in [-0.2, 0) is 10.0 Å². The Labute approximate surface area is 125 Å². The Hall–Kier alpha value is -1.39. The fourth-order valence-electron chi connectivity index (χ4n) is 2.31. The monoisotopic (exact) mass is 309 g/mol. The Morgan fingerprint density at radius 3 is 2.71 bits per heavy atom. The number of benzene rings is 1. The fourth-order valence-corrected chi connectivity index (χ4v) is 3.99. The van der Waals surface area contributed by atoms with Gasteiger partial charge in [-0.3, -0.25) is 0 Å². The first kappa shape index (κ1) is 16.0. The molecular formula is C15H19NO4S. The van der Waals surface area contributed by atoms with Gasteiger partial charge in [-0.05, 0) is 24.5 Å². The molecule has 1 aliphatic rings. The lowest BCUT2D eigenvalue weighted by atomic mass is 10.1. The SMILES string of the molecule is O=S(=O)(c1ccccc1C#CCCO)N1CCC(CO)C1. The van der Waals surface area contributed by atoms with E-state index in [0.29, 0.717) is 31.5 Å². The Morgan fingerprint density at radius 2 is 2.05 bits per heavy atom. The van der Waals surface area contributed by atoms with Crippen LogP contribution in [0, 0.1) is 17.8 Å². The lowest BCUT2D eigenvalue weighted by Crippen LogP contribution is -2.29. The predicted molar refractivity (Wildman–Crippen MR) is 79.0 cm³/mol. The maximum Gasteiger partial charge on any atom is 0.244 e. The van der Waals surface area contributed by atoms with E-state index >= 15 is 0 Å². The van der Waals surface area contributed by atoms with E-state index in [2.05, 4.69) is 11.8 Å². The molecule has 1 fully saturated rings. The molecule has 0 saturated carbocycles. The smallest absolute Gasteiger partial charge is 0.244 e. The number of aliphatic hydroxyl groups is 2. The number of hydrogen-bond acceptors (Lipinski definition) is 4. The van der Waals surface area contributed by atoms with Crippen molar-refractivity contribution < 1.29 is 18.6 Å². The molecule has 0 radical (unpaired) electrons. The molecule has 1 atom stereocenters. The molecule has 1 saturated heterocycles. The summed E-state index contributed by atoms with van der Waals surface area (Å²) in [6.07, 6.45) is 0.985. The van der Waals surface area contributed by atoms with E-state index < -0.39 is 10.0 Å². The van der Waals surface area contributed by atoms with Crippen molar-refractivity contribution >= 4 is 10.0 Å². The van der Waals surface area contributed by atoms with E-state index in [1.165, 1.54) is 4.31 Å². The van der Waals surface area contributed by atoms with Crippen molar-refractivity contribution in [3.63, 3.8) is 0 Å². The summed E-state index contributed by atoms with van der Waals surface area (Å²) in [5.74, 6) is 5.56. The van der Waals surface area contributed by atoms with E-state index in [0.717, 1.165) is 0 Å². The van der Waals surface area contributed by atoms with E-state index in [4.69, 9.17) is 10.2 Å². The zero-order chi connectivity index (χ0) is 15.3. The van der Waals surface area contributed by atoms with Crippen molar-refractivity contribution in [3.05, 3.63) is 29.8 Å². The fraction of sp³-hybridized carbons (Fsp3) is 0.467. The summed E-state index contributed by atoms with van der Waals surface area (Å²) < 4.78 is 26.8. The van der Waals surface area contributed by atoms with Crippen LogP contribution in [0.15, 0.2) is 29.2 Å². The molecule has 1 unspecified atom stereocenters. The molecule has 5 nitrogen and oxygen atoms in total. The third-order valence-electron chi connectivity index (χ3n) is 3.47. The van der Waals surface area contributed by atoms with E-state index in [-0.39, 0.29) is 24.0 Å². The van der Waals surface area contributed by atoms with Crippen LogP contribution in [0.3, 0.4) is 0 Å². The normalized spacial score (nSPS) is 19.2. The molecule has 0 bridgehead atoms. The van der Waals surface area contributed by atoms with Crippen LogP contribution in [0.2, 0.25) is 0 Å². The van der Waals surface area contributed by atoms with Gasteiger partial charge in [-0.15, -0.1) is 0 Å². The average molecular weight is 309 g/mol. The minimum absolute atomic E-state index is 0.00394. The van der Waals surface area contributed by atoms with Crippen molar-refractivity contribution in [1.29, 1.82) is 0 Å². The first-order chi connectivity index (χ1) is 10.1. The Bertz CT molecular complexity index is 645. The average Bonchev–Trinajstić information content (AvgIpc) is 2.98. The number of rotatable bonds is 4. The summed E-state index contributed by atoms with van der Waals surface area (Å²) in [7, 11) is -3.59. The maximum atomic E-state index is 12.7. The van der Waals surface area contributed by atoms with Crippen LogP contribution in [-0.4, -0.2) is 49.2 Å². The molecule has 2 rings (SSSR count). The van der Waals surface area contributed by atoms with Gasteiger partial charge in [-0.1, -0.05) is 24.0 Å². The summed E-state index contributed by atoms with van der Waals surface area (Å²) >= 11 is 0. The largest absolute Gasteiger partial charge is 0.396 e. The van der Waals surface area contributed by atoms with E-state index in [9.17, 15) is 8.42 Å². The number of nitrogens with zero attached hydrogens (tertiary/aromatic N) is 1. The highest BCUT2D eigenvalue weighted by Crippen LogP contribution is 2.25. The predicted octanol–water partition coefficient (Wildman–Crippen LogP) is 0.423. The summed E-state index contributed by atoms with van der Waals surface area (Å²) in [5, 5.41) is 17.9. The molecule has 0 aliphatic carbocycles. The first-order valence-corrected chi connectivity index (χ1v) is 8.33. The molecule has 1 aliphatic heterocycles. The topological polar surface area (TPSA) is 77.8 Å². The van der Waals surface area contributed by atoms with Crippen LogP contribution in [0.25, 0.3) is 0 Å². The lowest BCUT2D eigenvalue weighted by molar-refractivity contribution is 0.233. The van der Waals surface area contributed by atoms with Crippen LogP contribution >= 0.6 is 0 Å². The summed E-state index contributed by atoms with van der Waals surface area (Å²) in [6.45, 7) is 0.722. The van der Waals surface area contributed by atoms with Crippen LogP contribution in [0.4, 0.5) is 0 Å². The molecule has 1 aromatic carbocycles. The molecule has 6 heteroatoms. The van der Waals surface area contributed by atoms with Gasteiger partial charge in [0.1, 0.15) is 0 Å². The van der Waals surface area contributed by atoms with Crippen LogP contribution in [0.1, 0.15) is 18.4 Å². The second-order valence-corrected chi connectivity index (χ2v) is 6.88. The van der Waals surface area contributed by atoms with Gasteiger partial charge in [0.05, 0.1) is 11.5 Å². The lowest BCUT2D eigenvalue weighted by Gasteiger charge is -2.17. The van der Waals surface area contributed by atoms with Gasteiger partial charge in [-0.25, -0.2) is 8.42 Å². The van der Waals surface area contributed by atoms with Gasteiger partial charge in [-0.2, -0.15) is 4.31 Å². The Morgan fingerprint density at radius 1 is 1.29 bits per heavy atom. The van der Waals surface area contributed by atoms with Crippen molar-refractivity contribution in [2.75, 3.05) is 26.3 Å². The molecule has 1 heterocycles. The highest BCUT2D eigenvalue weighted by Gasteiger charge is 2.33. The van der Waals surface area contributed by atoms with Crippen molar-refractivity contribution in [2.45, 2.75) is 17.7 Å². The molecule has 21 heavy (non-hydrogen) atoms. The molecule has 0 spiro atoms. The maximum absolute atomic E-state index is 12.7. The third kappa shape index (κ3) is 3.63. The highest BCUT2D eigenvalue weighted by atomic mass is 32.2. The summed E-state index contributed by atoms with van der Waals surface area (Å²) in [6, 6.07) is 6.62. The second-order valence-electron chi connectivity index (χ2n) is 4.97. The van der Waals surface area contributed by atoms with E-state index in [1.807, 2.05) is 0 Å². The standard InChI is InChI=1S/C15H19NO4S/c17-10-4-3-6-14-5-1-2-7-15(14)21(19,20)16-9-8-13(11-16)12-18/h1-2,5,7,13,17-18H,4,8-12H2. The quantitative estimate of drug-likeness (QED) is 0.790. The highest BCUT2D eigenvalue weighted by molar-refractivity contribution is 7.89. The third-order valence-corrected chi connectivity index (χ3v) is 5.39. The molecule has 0 aromatic heterocycles. The summed E-state index contributed by atoms with van der Waals surface area (Å²) in [4.78, 5) is 0.189. The Kier molecular flexibility index (Phi) is 5.37. The van der Waals surface area contributed by atoms with Gasteiger partial charge in [0.25, 0.3) is 0 Å². The number of hydrogen-bond donors (Lipinski definition) is 2. The zero-order valence-corrected chi connectivity index (χ0v) is 12.5. The van der Waals surface area contributed by atoms with Crippen molar-refractivity contribution in [3.8, 4) is 11.8 Å². The van der Waals surface area contributed by atoms with Crippen molar-refractivity contribution in [1.82, 2.24) is 4.31 Å². The van der Waals surface area contributed by atoms with E-state index in [1.54, 1.807) is 24.3 Å². The molecule has 114 valence electrons. The number of sulfonamides is 1. The zero-order valence-electron chi connectivity index (χ0n) is 11.7. The second kappa shape index (κ2) is 7.05. The van der Waals surface area contributed by atoms with Gasteiger partial charge in [0.15, 0.2) is 0 Å². The van der Waals surface area contributed by atoms with Gasteiger partial charge < -0.3 is 10.2 Å². The molecule has 2 N–H and O–H groups in total. The molecule has 0 amide bonds. The van der Waals surface area contributed by atoms with Gasteiger partial charge in [0.2, 0.25) is 10.0 Å². The van der Waals surface area contributed by atoms with Crippen molar-refractivity contribution in [2.24, 2.45) is 5.92 Å². The van der Waals surface area contributed by atoms with Gasteiger partial charge >= 0.3 is 0 Å². The molecular weight excluding hydrogens is 290 g/mol. The molecule has 1 aromatic rings. The van der Waals surface area contributed by atoms with Gasteiger partial charge in [0, 0.05) is 31.7 Å².